The van der Waals surface area contributed by atoms with Gasteiger partial charge < -0.3 is 14.4 Å². The van der Waals surface area contributed by atoms with Crippen molar-refractivity contribution in [3.63, 3.8) is 0 Å². The van der Waals surface area contributed by atoms with Crippen molar-refractivity contribution in [1.29, 1.82) is 0 Å². The maximum absolute atomic E-state index is 12.9. The summed E-state index contributed by atoms with van der Waals surface area (Å²) >= 11 is 1.42. The molecule has 0 bridgehead atoms. The molecule has 8 nitrogen and oxygen atoms in total. The van der Waals surface area contributed by atoms with Crippen molar-refractivity contribution in [2.75, 3.05) is 49.1 Å². The zero-order valence-electron chi connectivity index (χ0n) is 18.7. The molecule has 2 aromatic rings. The third-order valence-corrected chi connectivity index (χ3v) is 7.17. The predicted octanol–water partition coefficient (Wildman–Crippen LogP) is 2.70. The minimum Gasteiger partial charge on any atom is -0.486 e. The second-order valence-corrected chi connectivity index (χ2v) is 10.4. The Bertz CT molecular complexity index is 1040. The van der Waals surface area contributed by atoms with Crippen molar-refractivity contribution in [2.45, 2.75) is 33.3 Å². The molecule has 2 amide bonds. The Morgan fingerprint density at radius 3 is 2.53 bits per heavy atom. The van der Waals surface area contributed by atoms with Crippen molar-refractivity contribution in [3.05, 3.63) is 29.3 Å². The van der Waals surface area contributed by atoms with Gasteiger partial charge in [-0.15, -0.1) is 0 Å². The highest BCUT2D eigenvalue weighted by atomic mass is 32.1. The largest absolute Gasteiger partial charge is 0.486 e. The van der Waals surface area contributed by atoms with Crippen LogP contribution in [0.3, 0.4) is 0 Å². The van der Waals surface area contributed by atoms with Gasteiger partial charge in [-0.05, 0) is 19.1 Å². The zero-order chi connectivity index (χ0) is 22.5. The van der Waals surface area contributed by atoms with Gasteiger partial charge in [0.1, 0.15) is 17.7 Å². The van der Waals surface area contributed by atoms with Crippen LogP contribution in [0.1, 0.15) is 25.3 Å². The molecule has 0 aliphatic carbocycles. The molecule has 2 fully saturated rings. The molecule has 1 aromatic heterocycles. The van der Waals surface area contributed by atoms with Crippen molar-refractivity contribution in [2.24, 2.45) is 5.41 Å². The summed E-state index contributed by atoms with van der Waals surface area (Å²) in [5.74, 6) is 2.07. The maximum Gasteiger partial charge on any atom is 0.240 e. The number of thiazole rings is 1. The summed E-state index contributed by atoms with van der Waals surface area (Å²) in [6.07, 6.45) is 0.235. The highest BCUT2D eigenvalue weighted by Crippen LogP contribution is 2.42. The minimum absolute atomic E-state index is 0.00407. The van der Waals surface area contributed by atoms with Gasteiger partial charge in [-0.3, -0.25) is 14.5 Å². The predicted molar refractivity (Wildman–Crippen MR) is 123 cm³/mol. The fourth-order valence-corrected chi connectivity index (χ4v) is 5.45. The average molecular weight is 457 g/mol. The minimum atomic E-state index is -0.661. The van der Waals surface area contributed by atoms with Gasteiger partial charge >= 0.3 is 0 Å². The number of carbonyl (C=O) groups excluding carboxylic acids is 2. The van der Waals surface area contributed by atoms with Crippen LogP contribution >= 0.6 is 11.3 Å². The fraction of sp³-hybridized carbons (Fsp3) is 0.522. The Kier molecular flexibility index (Phi) is 5.33. The van der Waals surface area contributed by atoms with Crippen molar-refractivity contribution >= 4 is 34.0 Å². The Hall–Kier alpha value is -2.65. The van der Waals surface area contributed by atoms with Crippen molar-refractivity contribution in [1.82, 2.24) is 9.88 Å². The van der Waals surface area contributed by atoms with E-state index in [1.165, 1.54) is 16.2 Å². The van der Waals surface area contributed by atoms with Crippen LogP contribution in [0.15, 0.2) is 24.3 Å². The van der Waals surface area contributed by atoms with Gasteiger partial charge in [-0.2, -0.15) is 0 Å². The van der Waals surface area contributed by atoms with Crippen molar-refractivity contribution in [3.8, 4) is 11.5 Å². The number of hydrogen-bond acceptors (Lipinski definition) is 8. The van der Waals surface area contributed by atoms with Gasteiger partial charge in [0.2, 0.25) is 11.8 Å². The standard InChI is InChI=1S/C23H28N4O4S/c1-15-24-20(21(32-15)27-19(28)12-23(2,3)22(27)29)26-10-8-25(9-11-26)13-16-14-30-17-6-4-5-7-18(17)31-16/h4-7,16H,8-14H2,1-3H3/t16-/m0/s1. The number of benzene rings is 1. The first-order valence-corrected chi connectivity index (χ1v) is 11.8. The molecule has 0 saturated carbocycles. The second kappa shape index (κ2) is 8.04. The highest BCUT2D eigenvalue weighted by Gasteiger charge is 2.47. The summed E-state index contributed by atoms with van der Waals surface area (Å²) in [6, 6.07) is 7.76. The number of amides is 2. The summed E-state index contributed by atoms with van der Waals surface area (Å²) in [4.78, 5) is 36.1. The van der Waals surface area contributed by atoms with E-state index >= 15 is 0 Å². The topological polar surface area (TPSA) is 75.2 Å². The molecule has 1 atom stereocenters. The lowest BCUT2D eigenvalue weighted by molar-refractivity contribution is -0.124. The van der Waals surface area contributed by atoms with Crippen LogP contribution in [-0.4, -0.2) is 67.1 Å². The molecule has 3 aliphatic rings. The molecule has 2 saturated heterocycles. The van der Waals surface area contributed by atoms with Gasteiger partial charge in [0, 0.05) is 39.1 Å². The number of carbonyl (C=O) groups is 2. The molecule has 0 unspecified atom stereocenters. The van der Waals surface area contributed by atoms with Crippen LogP contribution < -0.4 is 19.3 Å². The van der Waals surface area contributed by atoms with E-state index in [0.29, 0.717) is 11.6 Å². The number of rotatable bonds is 4. The SMILES string of the molecule is Cc1nc(N2CCN(C[C@H]3COc4ccccc4O3)CC2)c(N2C(=O)CC(C)(C)C2=O)s1. The Morgan fingerprint density at radius 1 is 1.12 bits per heavy atom. The summed E-state index contributed by atoms with van der Waals surface area (Å²) < 4.78 is 11.9. The summed E-state index contributed by atoms with van der Waals surface area (Å²) in [5, 5.41) is 1.52. The third kappa shape index (κ3) is 3.84. The number of aryl methyl sites for hydroxylation is 1. The summed E-state index contributed by atoms with van der Waals surface area (Å²) in [5.41, 5.74) is -0.661. The van der Waals surface area contributed by atoms with Crippen LogP contribution in [0.4, 0.5) is 10.8 Å². The molecular weight excluding hydrogens is 428 g/mol. The van der Waals surface area contributed by atoms with Gasteiger partial charge in [0.05, 0.1) is 10.4 Å². The van der Waals surface area contributed by atoms with Gasteiger partial charge in [0.25, 0.3) is 0 Å². The van der Waals surface area contributed by atoms with E-state index in [2.05, 4.69) is 9.80 Å². The number of piperazine rings is 1. The molecule has 32 heavy (non-hydrogen) atoms. The number of nitrogens with zero attached hydrogens (tertiary/aromatic N) is 4. The second-order valence-electron chi connectivity index (χ2n) is 9.24. The zero-order valence-corrected chi connectivity index (χ0v) is 19.5. The smallest absolute Gasteiger partial charge is 0.240 e. The summed E-state index contributed by atoms with van der Waals surface area (Å²) in [7, 11) is 0. The van der Waals surface area contributed by atoms with Crippen LogP contribution in [0.2, 0.25) is 0 Å². The lowest BCUT2D eigenvalue weighted by Crippen LogP contribution is -2.51. The Balaban J connectivity index is 1.24. The maximum atomic E-state index is 12.9. The van der Waals surface area contributed by atoms with E-state index in [9.17, 15) is 9.59 Å². The molecule has 0 radical (unpaired) electrons. The fourth-order valence-electron chi connectivity index (χ4n) is 4.49. The molecule has 0 spiro atoms. The van der Waals surface area contributed by atoms with Crippen LogP contribution in [0.25, 0.3) is 0 Å². The Labute approximate surface area is 191 Å². The van der Waals surface area contributed by atoms with E-state index in [1.807, 2.05) is 45.0 Å². The first-order chi connectivity index (χ1) is 15.3. The Morgan fingerprint density at radius 2 is 1.84 bits per heavy atom. The number of fused-ring (bicyclic) bond motifs is 1. The van der Waals surface area contributed by atoms with Gasteiger partial charge in [-0.1, -0.05) is 37.3 Å². The third-order valence-electron chi connectivity index (χ3n) is 6.23. The number of anilines is 2. The van der Waals surface area contributed by atoms with E-state index in [4.69, 9.17) is 14.5 Å². The average Bonchev–Trinajstić information content (AvgIpc) is 3.23. The highest BCUT2D eigenvalue weighted by molar-refractivity contribution is 7.16. The molecule has 4 heterocycles. The quantitative estimate of drug-likeness (QED) is 0.655. The molecule has 3 aliphatic heterocycles. The van der Waals surface area contributed by atoms with E-state index < -0.39 is 5.41 Å². The molecule has 1 aromatic carbocycles. The normalized spacial score (nSPS) is 23.2. The van der Waals surface area contributed by atoms with Crippen LogP contribution in [-0.2, 0) is 9.59 Å². The number of hydrogen-bond donors (Lipinski definition) is 0. The van der Waals surface area contributed by atoms with E-state index in [1.54, 1.807) is 0 Å². The van der Waals surface area contributed by atoms with E-state index in [-0.39, 0.29) is 24.3 Å². The molecular formula is C23H28N4O4S. The monoisotopic (exact) mass is 456 g/mol. The first kappa shape index (κ1) is 21.2. The number of imide groups is 1. The lowest BCUT2D eigenvalue weighted by Gasteiger charge is -2.38. The number of ether oxygens (including phenoxy) is 2. The van der Waals surface area contributed by atoms with Crippen molar-refractivity contribution < 1.29 is 19.1 Å². The van der Waals surface area contributed by atoms with Crippen LogP contribution in [0, 0.1) is 12.3 Å². The van der Waals surface area contributed by atoms with Gasteiger partial charge in [0.15, 0.2) is 17.3 Å². The van der Waals surface area contributed by atoms with Gasteiger partial charge in [-0.25, -0.2) is 9.88 Å². The molecule has 170 valence electrons. The first-order valence-electron chi connectivity index (χ1n) is 11.0. The molecule has 9 heteroatoms. The number of aromatic nitrogens is 1. The van der Waals surface area contributed by atoms with E-state index in [0.717, 1.165) is 55.0 Å². The lowest BCUT2D eigenvalue weighted by atomic mass is 9.92. The van der Waals surface area contributed by atoms with Crippen LogP contribution in [0.5, 0.6) is 11.5 Å². The number of para-hydroxylation sites is 2. The molecule has 0 N–H and O–H groups in total. The molecule has 5 rings (SSSR count). The summed E-state index contributed by atoms with van der Waals surface area (Å²) in [6.45, 7) is 10.2.